The molecule has 3 heterocycles. The summed E-state index contributed by atoms with van der Waals surface area (Å²) >= 11 is 0. The van der Waals surface area contributed by atoms with Crippen LogP contribution in [0.25, 0.3) is 107 Å². The third-order valence-corrected chi connectivity index (χ3v) is 11.8. The molecule has 3 aromatic heterocycles. The third-order valence-electron chi connectivity index (χ3n) is 11.8. The van der Waals surface area contributed by atoms with Gasteiger partial charge >= 0.3 is 0 Å². The number of aryl methyl sites for hydroxylation is 1. The molecule has 0 aliphatic heterocycles. The van der Waals surface area contributed by atoms with Gasteiger partial charge in [0.25, 0.3) is 0 Å². The van der Waals surface area contributed by atoms with E-state index in [1.807, 2.05) is 79.7 Å². The van der Waals surface area contributed by atoms with Gasteiger partial charge in [0.05, 0.1) is 11.0 Å². The van der Waals surface area contributed by atoms with E-state index < -0.39 is 0 Å². The number of furan rings is 1. The number of hydrogen-bond acceptors (Lipinski definition) is 4. The smallest absolute Gasteiger partial charge is 0.164 e. The van der Waals surface area contributed by atoms with Crippen LogP contribution in [0.15, 0.2) is 217 Å². The van der Waals surface area contributed by atoms with Gasteiger partial charge in [0.2, 0.25) is 0 Å². The Labute approximate surface area is 365 Å². The molecular formula is C58H40N4O. The van der Waals surface area contributed by atoms with Crippen LogP contribution in [0.2, 0.25) is 0 Å². The third kappa shape index (κ3) is 6.82. The first kappa shape index (κ1) is 37.6. The van der Waals surface area contributed by atoms with Crippen molar-refractivity contribution >= 4 is 44.4 Å². The largest absolute Gasteiger partial charge is 0.461 e. The maximum absolute atomic E-state index is 6.60. The fraction of sp³-hybridized carbons (Fsp3) is 0.0172. The van der Waals surface area contributed by atoms with Gasteiger partial charge in [-0.2, -0.15) is 0 Å². The molecule has 0 fully saturated rings. The minimum atomic E-state index is 0.564. The van der Waals surface area contributed by atoms with Crippen LogP contribution in [0.3, 0.4) is 0 Å². The molecule has 11 rings (SSSR count). The predicted molar refractivity (Wildman–Crippen MR) is 260 cm³/mol. The first-order chi connectivity index (χ1) is 31.1. The number of allylic oxidation sites excluding steroid dienone is 2. The minimum absolute atomic E-state index is 0.564. The topological polar surface area (TPSA) is 56.7 Å². The number of para-hydroxylation sites is 2. The van der Waals surface area contributed by atoms with Crippen molar-refractivity contribution < 1.29 is 4.42 Å². The molecule has 0 atom stereocenters. The summed E-state index contributed by atoms with van der Waals surface area (Å²) in [7, 11) is 0. The van der Waals surface area contributed by atoms with Gasteiger partial charge < -0.3 is 8.98 Å². The van der Waals surface area contributed by atoms with Gasteiger partial charge in [-0.3, -0.25) is 0 Å². The van der Waals surface area contributed by atoms with E-state index in [9.17, 15) is 0 Å². The molecule has 0 saturated carbocycles. The van der Waals surface area contributed by atoms with Crippen LogP contribution in [0, 0.1) is 6.92 Å². The van der Waals surface area contributed by atoms with Crippen LogP contribution in [0.4, 0.5) is 0 Å². The Hall–Kier alpha value is -8.41. The summed E-state index contributed by atoms with van der Waals surface area (Å²) in [5.74, 6) is 2.58. The zero-order chi connectivity index (χ0) is 42.3. The van der Waals surface area contributed by atoms with E-state index in [-0.39, 0.29) is 0 Å². The highest BCUT2D eigenvalue weighted by Gasteiger charge is 2.22. The number of benzene rings is 8. The molecule has 298 valence electrons. The summed E-state index contributed by atoms with van der Waals surface area (Å²) < 4.78 is 8.94. The lowest BCUT2D eigenvalue weighted by Crippen LogP contribution is -2.02. The Balaban J connectivity index is 1.16. The molecule has 0 aliphatic carbocycles. The second-order valence-corrected chi connectivity index (χ2v) is 15.6. The number of fused-ring (bicyclic) bond motifs is 5. The Bertz CT molecular complexity index is 3460. The molecule has 5 nitrogen and oxygen atoms in total. The highest BCUT2D eigenvalue weighted by molar-refractivity contribution is 6.23. The Morgan fingerprint density at radius 3 is 1.71 bits per heavy atom. The Morgan fingerprint density at radius 2 is 1.05 bits per heavy atom. The molecule has 0 radical (unpaired) electrons. The normalized spacial score (nSPS) is 11.7. The SMILES string of the molecule is C=C/C(=C\c1c(C)oc2ccc3c(c4ccccc4n3-c3ccccc3)c12)c1ccc(-c2cccc(-c3ccccc3)c2)cc1-c1nc(-c2ccccc2)nc(-c2ccccc2)n1. The highest BCUT2D eigenvalue weighted by Crippen LogP contribution is 2.43. The molecule has 63 heavy (non-hydrogen) atoms. The summed E-state index contributed by atoms with van der Waals surface area (Å²) in [5.41, 5.74) is 14.1. The molecule has 5 heteroatoms. The molecule has 0 N–H and O–H groups in total. The highest BCUT2D eigenvalue weighted by atomic mass is 16.3. The lowest BCUT2D eigenvalue weighted by Gasteiger charge is -2.15. The van der Waals surface area contributed by atoms with Gasteiger partial charge in [0, 0.05) is 44.1 Å². The van der Waals surface area contributed by atoms with Crippen LogP contribution in [-0.4, -0.2) is 19.5 Å². The van der Waals surface area contributed by atoms with E-state index in [1.54, 1.807) is 0 Å². The molecule has 0 amide bonds. The maximum atomic E-state index is 6.60. The predicted octanol–water partition coefficient (Wildman–Crippen LogP) is 15.1. The second kappa shape index (κ2) is 15.9. The minimum Gasteiger partial charge on any atom is -0.461 e. The van der Waals surface area contributed by atoms with Gasteiger partial charge in [-0.05, 0) is 88.9 Å². The lowest BCUT2D eigenvalue weighted by molar-refractivity contribution is 0.577. The average Bonchev–Trinajstić information content (AvgIpc) is 3.87. The van der Waals surface area contributed by atoms with E-state index in [2.05, 4.69) is 151 Å². The van der Waals surface area contributed by atoms with E-state index in [0.29, 0.717) is 17.5 Å². The summed E-state index contributed by atoms with van der Waals surface area (Å²) in [4.78, 5) is 15.5. The van der Waals surface area contributed by atoms with Gasteiger partial charge in [-0.15, -0.1) is 0 Å². The number of aromatic nitrogens is 4. The van der Waals surface area contributed by atoms with Crippen molar-refractivity contribution in [2.75, 3.05) is 0 Å². The average molecular weight is 809 g/mol. The van der Waals surface area contributed by atoms with E-state index in [1.165, 1.54) is 0 Å². The summed E-state index contributed by atoms with van der Waals surface area (Å²) in [5, 5.41) is 3.36. The van der Waals surface area contributed by atoms with Gasteiger partial charge in [0.1, 0.15) is 11.3 Å². The molecular weight excluding hydrogens is 769 g/mol. The molecule has 0 bridgehead atoms. The van der Waals surface area contributed by atoms with Crippen LogP contribution in [0.5, 0.6) is 0 Å². The molecule has 8 aromatic carbocycles. The van der Waals surface area contributed by atoms with Crippen molar-refractivity contribution in [1.82, 2.24) is 19.5 Å². The van der Waals surface area contributed by atoms with E-state index in [0.717, 1.165) is 99.9 Å². The van der Waals surface area contributed by atoms with Gasteiger partial charge in [0.15, 0.2) is 17.5 Å². The first-order valence-corrected chi connectivity index (χ1v) is 21.1. The molecule has 0 aliphatic rings. The molecule has 0 saturated heterocycles. The lowest BCUT2D eigenvalue weighted by atomic mass is 9.91. The van der Waals surface area contributed by atoms with Crippen molar-refractivity contribution in [3.8, 4) is 62.1 Å². The zero-order valence-electron chi connectivity index (χ0n) is 34.6. The maximum Gasteiger partial charge on any atom is 0.164 e. The number of rotatable bonds is 9. The first-order valence-electron chi connectivity index (χ1n) is 21.1. The van der Waals surface area contributed by atoms with Crippen molar-refractivity contribution in [3.05, 3.63) is 230 Å². The zero-order valence-corrected chi connectivity index (χ0v) is 34.6. The fourth-order valence-electron chi connectivity index (χ4n) is 8.82. The molecule has 11 aromatic rings. The summed E-state index contributed by atoms with van der Waals surface area (Å²) in [6.45, 7) is 6.46. The van der Waals surface area contributed by atoms with Gasteiger partial charge in [-0.25, -0.2) is 15.0 Å². The second-order valence-electron chi connectivity index (χ2n) is 15.6. The van der Waals surface area contributed by atoms with Crippen LogP contribution >= 0.6 is 0 Å². The summed E-state index contributed by atoms with van der Waals surface area (Å²) in [6, 6.07) is 69.4. The Kier molecular flexibility index (Phi) is 9.48. The van der Waals surface area contributed by atoms with Crippen molar-refractivity contribution in [2.45, 2.75) is 6.92 Å². The van der Waals surface area contributed by atoms with E-state index >= 15 is 0 Å². The van der Waals surface area contributed by atoms with Crippen LogP contribution < -0.4 is 0 Å². The number of nitrogens with zero attached hydrogens (tertiary/aromatic N) is 4. The number of hydrogen-bond donors (Lipinski definition) is 0. The van der Waals surface area contributed by atoms with Crippen LogP contribution in [-0.2, 0) is 0 Å². The van der Waals surface area contributed by atoms with Crippen molar-refractivity contribution in [1.29, 1.82) is 0 Å². The molecule has 0 unspecified atom stereocenters. The van der Waals surface area contributed by atoms with Crippen molar-refractivity contribution in [3.63, 3.8) is 0 Å². The molecule has 0 spiro atoms. The fourth-order valence-corrected chi connectivity index (χ4v) is 8.82. The monoisotopic (exact) mass is 808 g/mol. The quantitative estimate of drug-likeness (QED) is 0.136. The van der Waals surface area contributed by atoms with Gasteiger partial charge in [-0.1, -0.05) is 170 Å². The van der Waals surface area contributed by atoms with E-state index in [4.69, 9.17) is 19.4 Å². The summed E-state index contributed by atoms with van der Waals surface area (Å²) in [6.07, 6.45) is 4.14. The standard InChI is InChI=1S/C58H40N4O/c1-3-39(36-49-38(2)63-53-34-33-52-54(55(49)53)48-29-16-17-30-51(48)62(52)46-27-14-7-15-28-46)47-32-31-45(44-26-18-25-43(35-44)40-19-8-4-9-20-40)37-50(47)58-60-56(41-21-10-5-11-22-41)59-57(61-58)42-23-12-6-13-24-42/h3-37H,1H2,2H3/b39-36+. The Morgan fingerprint density at radius 1 is 0.492 bits per heavy atom. The van der Waals surface area contributed by atoms with Crippen LogP contribution in [0.1, 0.15) is 16.9 Å². The van der Waals surface area contributed by atoms with Crippen molar-refractivity contribution in [2.24, 2.45) is 0 Å².